The van der Waals surface area contributed by atoms with Crippen LogP contribution in [0.15, 0.2) is 36.4 Å². The van der Waals surface area contributed by atoms with Gasteiger partial charge in [-0.2, -0.15) is 0 Å². The Morgan fingerprint density at radius 2 is 1.85 bits per heavy atom. The number of hydrogen-bond donors (Lipinski definition) is 2. The van der Waals surface area contributed by atoms with Crippen LogP contribution in [-0.4, -0.2) is 7.11 Å². The van der Waals surface area contributed by atoms with Crippen molar-refractivity contribution in [3.05, 3.63) is 64.5 Å². The molecule has 3 N–H and O–H groups in total. The van der Waals surface area contributed by atoms with E-state index in [-0.39, 0.29) is 11.9 Å². The molecule has 0 radical (unpaired) electrons. The summed E-state index contributed by atoms with van der Waals surface area (Å²) in [6.45, 7) is 3.92. The average molecular weight is 274 g/mol. The molecule has 2 aromatic rings. The molecule has 0 saturated heterocycles. The maximum atomic E-state index is 13.5. The van der Waals surface area contributed by atoms with Crippen LogP contribution in [0.25, 0.3) is 0 Å². The van der Waals surface area contributed by atoms with Crippen LogP contribution in [0.4, 0.5) is 4.39 Å². The molecule has 1 unspecified atom stereocenters. The minimum atomic E-state index is -0.318. The van der Waals surface area contributed by atoms with Crippen molar-refractivity contribution in [3.63, 3.8) is 0 Å². The summed E-state index contributed by atoms with van der Waals surface area (Å²) in [6, 6.07) is 10.2. The van der Waals surface area contributed by atoms with Gasteiger partial charge in [0.2, 0.25) is 0 Å². The highest BCUT2D eigenvalue weighted by Crippen LogP contribution is 2.32. The van der Waals surface area contributed by atoms with E-state index >= 15 is 0 Å². The van der Waals surface area contributed by atoms with Crippen LogP contribution in [0, 0.1) is 19.7 Å². The lowest BCUT2D eigenvalue weighted by Crippen LogP contribution is -2.29. The van der Waals surface area contributed by atoms with Gasteiger partial charge < -0.3 is 4.74 Å². The quantitative estimate of drug-likeness (QED) is 0.665. The summed E-state index contributed by atoms with van der Waals surface area (Å²) in [5.41, 5.74) is 6.50. The van der Waals surface area contributed by atoms with Crippen LogP contribution in [-0.2, 0) is 0 Å². The predicted molar refractivity (Wildman–Crippen MR) is 78.0 cm³/mol. The molecule has 0 saturated carbocycles. The van der Waals surface area contributed by atoms with Gasteiger partial charge in [0.15, 0.2) is 0 Å². The number of nitrogens with two attached hydrogens (primary N) is 1. The lowest BCUT2D eigenvalue weighted by Gasteiger charge is -2.21. The van der Waals surface area contributed by atoms with Crippen LogP contribution < -0.4 is 16.0 Å². The fourth-order valence-electron chi connectivity index (χ4n) is 2.33. The zero-order chi connectivity index (χ0) is 14.7. The molecule has 0 bridgehead atoms. The Morgan fingerprint density at radius 3 is 2.50 bits per heavy atom. The lowest BCUT2D eigenvalue weighted by atomic mass is 9.94. The molecule has 0 fully saturated rings. The van der Waals surface area contributed by atoms with E-state index in [9.17, 15) is 4.39 Å². The first-order chi connectivity index (χ1) is 9.56. The monoisotopic (exact) mass is 274 g/mol. The van der Waals surface area contributed by atoms with Crippen molar-refractivity contribution in [3.8, 4) is 5.75 Å². The second-order valence-corrected chi connectivity index (χ2v) is 4.85. The number of aryl methyl sites for hydroxylation is 2. The Kier molecular flexibility index (Phi) is 4.37. The molecule has 2 aromatic carbocycles. The number of benzene rings is 2. The van der Waals surface area contributed by atoms with Gasteiger partial charge in [-0.1, -0.05) is 18.2 Å². The van der Waals surface area contributed by atoms with E-state index < -0.39 is 0 Å². The number of hydrogen-bond acceptors (Lipinski definition) is 3. The van der Waals surface area contributed by atoms with E-state index in [2.05, 4.69) is 5.43 Å². The molecule has 20 heavy (non-hydrogen) atoms. The average Bonchev–Trinajstić information content (AvgIpc) is 2.44. The second kappa shape index (κ2) is 6.03. The van der Waals surface area contributed by atoms with Crippen molar-refractivity contribution in [2.45, 2.75) is 19.9 Å². The third-order valence-electron chi connectivity index (χ3n) is 3.42. The molecule has 2 rings (SSSR count). The number of ether oxygens (including phenoxy) is 1. The third kappa shape index (κ3) is 2.81. The number of methoxy groups -OCH3 is 1. The zero-order valence-corrected chi connectivity index (χ0v) is 11.9. The Balaban J connectivity index is 2.55. The van der Waals surface area contributed by atoms with E-state index in [1.165, 1.54) is 12.1 Å². The smallest absolute Gasteiger partial charge is 0.124 e. The second-order valence-electron chi connectivity index (χ2n) is 4.85. The number of hydrazine groups is 1. The molecular weight excluding hydrogens is 255 g/mol. The molecule has 0 aliphatic carbocycles. The summed E-state index contributed by atoms with van der Waals surface area (Å²) >= 11 is 0. The highest BCUT2D eigenvalue weighted by molar-refractivity contribution is 5.45. The summed E-state index contributed by atoms with van der Waals surface area (Å²) in [5.74, 6) is 6.14. The van der Waals surface area contributed by atoms with Gasteiger partial charge in [0, 0.05) is 5.56 Å². The first kappa shape index (κ1) is 14.5. The van der Waals surface area contributed by atoms with Gasteiger partial charge in [-0.25, -0.2) is 9.82 Å². The number of rotatable bonds is 4. The first-order valence-electron chi connectivity index (χ1n) is 6.43. The van der Waals surface area contributed by atoms with Crippen LogP contribution >= 0.6 is 0 Å². The standard InChI is InChI=1S/C16H19FN2O/c1-10-4-7-13(15(8-10)20-3)16(19-18)14-9-12(17)6-5-11(14)2/h4-9,16,19H,18H2,1-3H3. The Bertz CT molecular complexity index is 613. The lowest BCUT2D eigenvalue weighted by molar-refractivity contribution is 0.403. The van der Waals surface area contributed by atoms with Crippen molar-refractivity contribution >= 4 is 0 Å². The molecule has 3 nitrogen and oxygen atoms in total. The van der Waals surface area contributed by atoms with Crippen molar-refractivity contribution in [2.24, 2.45) is 5.84 Å². The molecule has 106 valence electrons. The van der Waals surface area contributed by atoms with Crippen LogP contribution in [0.2, 0.25) is 0 Å². The summed E-state index contributed by atoms with van der Waals surface area (Å²) in [5, 5.41) is 0. The molecule has 0 aromatic heterocycles. The zero-order valence-electron chi connectivity index (χ0n) is 11.9. The van der Waals surface area contributed by atoms with Crippen molar-refractivity contribution < 1.29 is 9.13 Å². The Labute approximate surface area is 118 Å². The number of nitrogens with one attached hydrogen (secondary N) is 1. The van der Waals surface area contributed by atoms with Gasteiger partial charge >= 0.3 is 0 Å². The summed E-state index contributed by atoms with van der Waals surface area (Å²) in [6.07, 6.45) is 0. The Morgan fingerprint density at radius 1 is 1.10 bits per heavy atom. The summed E-state index contributed by atoms with van der Waals surface area (Å²) in [7, 11) is 1.62. The molecule has 0 amide bonds. The van der Waals surface area contributed by atoms with Crippen molar-refractivity contribution in [2.75, 3.05) is 7.11 Å². The van der Waals surface area contributed by atoms with Gasteiger partial charge in [-0.05, 0) is 48.7 Å². The van der Waals surface area contributed by atoms with Crippen LogP contribution in [0.3, 0.4) is 0 Å². The van der Waals surface area contributed by atoms with E-state index in [0.29, 0.717) is 0 Å². The van der Waals surface area contributed by atoms with Crippen molar-refractivity contribution in [1.82, 2.24) is 5.43 Å². The minimum absolute atomic E-state index is 0.281. The molecule has 4 heteroatoms. The predicted octanol–water partition coefficient (Wildman–Crippen LogP) is 3.00. The highest BCUT2D eigenvalue weighted by Gasteiger charge is 2.19. The van der Waals surface area contributed by atoms with E-state index in [1.807, 2.05) is 32.0 Å². The van der Waals surface area contributed by atoms with Gasteiger partial charge in [0.25, 0.3) is 0 Å². The van der Waals surface area contributed by atoms with Gasteiger partial charge in [0.1, 0.15) is 11.6 Å². The highest BCUT2D eigenvalue weighted by atomic mass is 19.1. The fourth-order valence-corrected chi connectivity index (χ4v) is 2.33. The van der Waals surface area contributed by atoms with E-state index in [1.54, 1.807) is 13.2 Å². The van der Waals surface area contributed by atoms with Crippen LogP contribution in [0.1, 0.15) is 28.3 Å². The minimum Gasteiger partial charge on any atom is -0.496 e. The number of halogens is 1. The molecular formula is C16H19FN2O. The van der Waals surface area contributed by atoms with Gasteiger partial charge in [-0.15, -0.1) is 0 Å². The molecule has 1 atom stereocenters. The topological polar surface area (TPSA) is 47.3 Å². The largest absolute Gasteiger partial charge is 0.496 e. The molecule has 0 aliphatic rings. The third-order valence-corrected chi connectivity index (χ3v) is 3.42. The first-order valence-corrected chi connectivity index (χ1v) is 6.43. The van der Waals surface area contributed by atoms with Crippen LogP contribution in [0.5, 0.6) is 5.75 Å². The van der Waals surface area contributed by atoms with E-state index in [4.69, 9.17) is 10.6 Å². The van der Waals surface area contributed by atoms with Gasteiger partial charge in [0.05, 0.1) is 13.2 Å². The summed E-state index contributed by atoms with van der Waals surface area (Å²) < 4.78 is 18.9. The molecule has 0 spiro atoms. The molecule has 0 heterocycles. The SMILES string of the molecule is COc1cc(C)ccc1C(NN)c1cc(F)ccc1C. The van der Waals surface area contributed by atoms with E-state index in [0.717, 1.165) is 28.0 Å². The normalized spacial score (nSPS) is 12.2. The van der Waals surface area contributed by atoms with Gasteiger partial charge in [-0.3, -0.25) is 5.84 Å². The Hall–Kier alpha value is -1.91. The maximum Gasteiger partial charge on any atom is 0.124 e. The fraction of sp³-hybridized carbons (Fsp3) is 0.250. The van der Waals surface area contributed by atoms with Crippen molar-refractivity contribution in [1.29, 1.82) is 0 Å². The molecule has 0 aliphatic heterocycles. The maximum absolute atomic E-state index is 13.5. The summed E-state index contributed by atoms with van der Waals surface area (Å²) in [4.78, 5) is 0.